The van der Waals surface area contributed by atoms with Gasteiger partial charge in [0.25, 0.3) is 0 Å². The van der Waals surface area contributed by atoms with Gasteiger partial charge in [0.2, 0.25) is 0 Å². The molecule has 1 unspecified atom stereocenters. The number of aromatic nitrogens is 2. The van der Waals surface area contributed by atoms with Crippen molar-refractivity contribution in [2.45, 2.75) is 39.8 Å². The topological polar surface area (TPSA) is 44.1 Å². The van der Waals surface area contributed by atoms with Gasteiger partial charge in [0, 0.05) is 17.8 Å². The van der Waals surface area contributed by atoms with Crippen LogP contribution in [0.2, 0.25) is 5.02 Å². The van der Waals surface area contributed by atoms with Crippen molar-refractivity contribution in [2.75, 3.05) is 0 Å². The van der Waals surface area contributed by atoms with E-state index in [1.54, 1.807) is 18.2 Å². The van der Waals surface area contributed by atoms with Crippen LogP contribution >= 0.6 is 11.6 Å². The molecular formula is C16H19ClN2O2. The van der Waals surface area contributed by atoms with E-state index in [9.17, 15) is 4.79 Å². The predicted molar refractivity (Wildman–Crippen MR) is 83.0 cm³/mol. The van der Waals surface area contributed by atoms with Crippen molar-refractivity contribution in [2.24, 2.45) is 0 Å². The van der Waals surface area contributed by atoms with E-state index < -0.39 is 0 Å². The zero-order valence-electron chi connectivity index (χ0n) is 12.5. The average molecular weight is 307 g/mol. The predicted octanol–water partition coefficient (Wildman–Crippen LogP) is 4.29. The zero-order chi connectivity index (χ0) is 15.4. The lowest BCUT2D eigenvalue weighted by Gasteiger charge is -2.09. The van der Waals surface area contributed by atoms with Crippen LogP contribution in [0.4, 0.5) is 0 Å². The molecule has 0 saturated heterocycles. The van der Waals surface area contributed by atoms with E-state index >= 15 is 0 Å². The fraction of sp³-hybridized carbons (Fsp3) is 0.375. The van der Waals surface area contributed by atoms with Gasteiger partial charge in [0.15, 0.2) is 5.78 Å². The minimum Gasteiger partial charge on any atom is -0.486 e. The Labute approximate surface area is 129 Å². The van der Waals surface area contributed by atoms with Gasteiger partial charge in [-0.3, -0.25) is 9.48 Å². The maximum Gasteiger partial charge on any atom is 0.159 e. The van der Waals surface area contributed by atoms with Crippen LogP contribution in [-0.4, -0.2) is 15.6 Å². The fourth-order valence-electron chi connectivity index (χ4n) is 1.88. The highest BCUT2D eigenvalue weighted by Gasteiger charge is 2.08. The standard InChI is InChI=1S/C16H19ClN2O2/c1-4-11(2)19-8-7-14(18-19)10-21-16-6-5-13(12(3)20)9-15(16)17/h5-9,11H,4,10H2,1-3H3. The molecule has 1 aromatic heterocycles. The molecule has 0 aliphatic heterocycles. The minimum absolute atomic E-state index is 0.0178. The lowest BCUT2D eigenvalue weighted by molar-refractivity contribution is 0.101. The summed E-state index contributed by atoms with van der Waals surface area (Å²) < 4.78 is 7.59. The van der Waals surface area contributed by atoms with Crippen LogP contribution in [0.1, 0.15) is 49.3 Å². The fourth-order valence-corrected chi connectivity index (χ4v) is 2.11. The van der Waals surface area contributed by atoms with Gasteiger partial charge in [-0.2, -0.15) is 5.10 Å². The largest absolute Gasteiger partial charge is 0.486 e. The second-order valence-corrected chi connectivity index (χ2v) is 5.44. The summed E-state index contributed by atoms with van der Waals surface area (Å²) in [4.78, 5) is 11.3. The first kappa shape index (κ1) is 15.6. The smallest absolute Gasteiger partial charge is 0.159 e. The number of ether oxygens (including phenoxy) is 1. The van der Waals surface area contributed by atoms with Gasteiger partial charge in [-0.1, -0.05) is 18.5 Å². The number of carbonyl (C=O) groups excluding carboxylic acids is 1. The van der Waals surface area contributed by atoms with E-state index in [0.29, 0.717) is 29.0 Å². The summed E-state index contributed by atoms with van der Waals surface area (Å²) in [6.45, 7) is 6.10. The summed E-state index contributed by atoms with van der Waals surface area (Å²) in [6, 6.07) is 7.35. The van der Waals surface area contributed by atoms with Crippen LogP contribution in [0.25, 0.3) is 0 Å². The van der Waals surface area contributed by atoms with Crippen molar-refractivity contribution in [3.63, 3.8) is 0 Å². The van der Waals surface area contributed by atoms with Gasteiger partial charge in [-0.25, -0.2) is 0 Å². The summed E-state index contributed by atoms with van der Waals surface area (Å²) in [6.07, 6.45) is 2.98. The van der Waals surface area contributed by atoms with Crippen LogP contribution in [0, 0.1) is 0 Å². The maximum atomic E-state index is 11.3. The Morgan fingerprint density at radius 3 is 2.81 bits per heavy atom. The highest BCUT2D eigenvalue weighted by Crippen LogP contribution is 2.26. The van der Waals surface area contributed by atoms with Crippen molar-refractivity contribution in [3.8, 4) is 5.75 Å². The third-order valence-corrected chi connectivity index (χ3v) is 3.72. The van der Waals surface area contributed by atoms with E-state index in [-0.39, 0.29) is 5.78 Å². The molecule has 2 rings (SSSR count). The first-order chi connectivity index (χ1) is 10.0. The van der Waals surface area contributed by atoms with Crippen LogP contribution in [-0.2, 0) is 6.61 Å². The number of ketones is 1. The van der Waals surface area contributed by atoms with E-state index in [1.165, 1.54) is 6.92 Å². The molecule has 21 heavy (non-hydrogen) atoms. The van der Waals surface area contributed by atoms with Crippen LogP contribution in [0.5, 0.6) is 5.75 Å². The molecule has 0 aliphatic rings. The molecule has 1 atom stereocenters. The van der Waals surface area contributed by atoms with Crippen molar-refractivity contribution >= 4 is 17.4 Å². The van der Waals surface area contributed by atoms with Gasteiger partial charge in [-0.15, -0.1) is 0 Å². The summed E-state index contributed by atoms with van der Waals surface area (Å²) in [5, 5.41) is 4.90. The van der Waals surface area contributed by atoms with Gasteiger partial charge >= 0.3 is 0 Å². The van der Waals surface area contributed by atoms with E-state index in [1.807, 2.05) is 16.9 Å². The van der Waals surface area contributed by atoms with Gasteiger partial charge in [-0.05, 0) is 44.5 Å². The molecule has 1 heterocycles. The second kappa shape index (κ2) is 6.76. The summed E-state index contributed by atoms with van der Waals surface area (Å²) >= 11 is 6.11. The van der Waals surface area contributed by atoms with Crippen LogP contribution < -0.4 is 4.74 Å². The third kappa shape index (κ3) is 3.85. The molecule has 0 bridgehead atoms. The monoisotopic (exact) mass is 306 g/mol. The minimum atomic E-state index is -0.0178. The van der Waals surface area contributed by atoms with Crippen molar-refractivity contribution in [1.29, 1.82) is 0 Å². The summed E-state index contributed by atoms with van der Waals surface area (Å²) in [7, 11) is 0. The molecule has 112 valence electrons. The lowest BCUT2D eigenvalue weighted by Crippen LogP contribution is -2.06. The molecular weight excluding hydrogens is 288 g/mol. The normalized spacial score (nSPS) is 12.2. The lowest BCUT2D eigenvalue weighted by atomic mass is 10.1. The molecule has 0 spiro atoms. The average Bonchev–Trinajstić information content (AvgIpc) is 2.93. The quantitative estimate of drug-likeness (QED) is 0.748. The van der Waals surface area contributed by atoms with Gasteiger partial charge in [0.05, 0.1) is 10.7 Å². The van der Waals surface area contributed by atoms with Gasteiger partial charge < -0.3 is 4.74 Å². The highest BCUT2D eigenvalue weighted by atomic mass is 35.5. The number of rotatable bonds is 6. The van der Waals surface area contributed by atoms with Crippen molar-refractivity contribution < 1.29 is 9.53 Å². The maximum absolute atomic E-state index is 11.3. The highest BCUT2D eigenvalue weighted by molar-refractivity contribution is 6.32. The van der Waals surface area contributed by atoms with E-state index in [2.05, 4.69) is 18.9 Å². The molecule has 0 N–H and O–H groups in total. The number of carbonyl (C=O) groups is 1. The number of halogens is 1. The van der Waals surface area contributed by atoms with E-state index in [4.69, 9.17) is 16.3 Å². The molecule has 0 aliphatic carbocycles. The molecule has 0 fully saturated rings. The Kier molecular flexibility index (Phi) is 5.02. The third-order valence-electron chi connectivity index (χ3n) is 3.42. The number of nitrogens with zero attached hydrogens (tertiary/aromatic N) is 2. The number of benzene rings is 1. The van der Waals surface area contributed by atoms with E-state index in [0.717, 1.165) is 12.1 Å². The molecule has 0 amide bonds. The van der Waals surface area contributed by atoms with Crippen molar-refractivity contribution in [3.05, 3.63) is 46.7 Å². The SMILES string of the molecule is CCC(C)n1ccc(COc2ccc(C(C)=O)cc2Cl)n1. The Morgan fingerprint density at radius 1 is 1.43 bits per heavy atom. The zero-order valence-corrected chi connectivity index (χ0v) is 13.2. The molecule has 0 radical (unpaired) electrons. The second-order valence-electron chi connectivity index (χ2n) is 5.03. The Hall–Kier alpha value is -1.81. The number of hydrogen-bond acceptors (Lipinski definition) is 3. The Morgan fingerprint density at radius 2 is 2.19 bits per heavy atom. The first-order valence-electron chi connectivity index (χ1n) is 6.98. The molecule has 0 saturated carbocycles. The van der Waals surface area contributed by atoms with Crippen molar-refractivity contribution in [1.82, 2.24) is 9.78 Å². The first-order valence-corrected chi connectivity index (χ1v) is 7.36. The molecule has 5 heteroatoms. The summed E-state index contributed by atoms with van der Waals surface area (Å²) in [5.41, 5.74) is 1.43. The molecule has 4 nitrogen and oxygen atoms in total. The van der Waals surface area contributed by atoms with Gasteiger partial charge in [0.1, 0.15) is 12.4 Å². The number of Topliss-reactive ketones (excluding diaryl/α,β-unsaturated/α-hetero) is 1. The number of hydrogen-bond donors (Lipinski definition) is 0. The Balaban J connectivity index is 2.03. The van der Waals surface area contributed by atoms with Crippen LogP contribution in [0.15, 0.2) is 30.5 Å². The Bertz CT molecular complexity index is 637. The summed E-state index contributed by atoms with van der Waals surface area (Å²) in [5.74, 6) is 0.538. The molecule has 1 aromatic carbocycles. The molecule has 2 aromatic rings. The van der Waals surface area contributed by atoms with Crippen LogP contribution in [0.3, 0.4) is 0 Å².